The van der Waals surface area contributed by atoms with Crippen LogP contribution in [0, 0.1) is 5.92 Å². The third-order valence-corrected chi connectivity index (χ3v) is 4.50. The number of nitrogens with one attached hydrogen (secondary N) is 1. The fourth-order valence-electron chi connectivity index (χ4n) is 3.11. The van der Waals surface area contributed by atoms with E-state index in [0.717, 1.165) is 44.4 Å². The average molecular weight is 395 g/mol. The van der Waals surface area contributed by atoms with E-state index in [1.54, 1.807) is 0 Å². The maximum atomic E-state index is 6.18. The summed E-state index contributed by atoms with van der Waals surface area (Å²) in [6, 6.07) is 0. The van der Waals surface area contributed by atoms with Gasteiger partial charge >= 0.3 is 0 Å². The lowest BCUT2D eigenvalue weighted by molar-refractivity contribution is -0.191. The molecule has 1 spiro atoms. The first-order valence-electron chi connectivity index (χ1n) is 7.48. The molecule has 20 heavy (non-hydrogen) atoms. The molecule has 0 radical (unpaired) electrons. The molecule has 2 aliphatic heterocycles. The lowest BCUT2D eigenvalue weighted by Crippen LogP contribution is -2.41. The third-order valence-electron chi connectivity index (χ3n) is 4.50. The van der Waals surface area contributed by atoms with Crippen molar-refractivity contribution < 1.29 is 9.47 Å². The molecular weight excluding hydrogens is 369 g/mol. The smallest absolute Gasteiger partial charge is 0.193 e. The fourth-order valence-corrected chi connectivity index (χ4v) is 3.11. The van der Waals surface area contributed by atoms with Crippen molar-refractivity contribution in [3.8, 4) is 0 Å². The van der Waals surface area contributed by atoms with Crippen LogP contribution in [-0.4, -0.2) is 56.0 Å². The molecule has 1 N–H and O–H groups in total. The Labute approximate surface area is 138 Å². The minimum atomic E-state index is -0.276. The lowest BCUT2D eigenvalue weighted by Gasteiger charge is -2.34. The molecule has 1 aliphatic carbocycles. The van der Waals surface area contributed by atoms with Gasteiger partial charge < -0.3 is 19.7 Å². The molecule has 3 aliphatic rings. The summed E-state index contributed by atoms with van der Waals surface area (Å²) in [7, 11) is 2.06. The molecule has 0 amide bonds. The van der Waals surface area contributed by atoms with Crippen LogP contribution in [0.4, 0.5) is 0 Å². The van der Waals surface area contributed by atoms with Crippen molar-refractivity contribution in [3.63, 3.8) is 0 Å². The van der Waals surface area contributed by atoms with Gasteiger partial charge in [-0.2, -0.15) is 0 Å². The number of rotatable bonds is 2. The summed E-state index contributed by atoms with van der Waals surface area (Å²) in [5.74, 6) is 1.53. The first-order chi connectivity index (χ1) is 9.17. The number of likely N-dealkylation sites (N-methyl/N-ethyl adjacent to an activating group) is 1. The van der Waals surface area contributed by atoms with Crippen LogP contribution in [0.25, 0.3) is 0 Å². The van der Waals surface area contributed by atoms with Gasteiger partial charge in [0.05, 0.1) is 13.2 Å². The maximum Gasteiger partial charge on any atom is 0.193 e. The molecule has 1 saturated heterocycles. The summed E-state index contributed by atoms with van der Waals surface area (Å²) >= 11 is 0. The Morgan fingerprint density at radius 3 is 2.80 bits per heavy atom. The second-order valence-corrected chi connectivity index (χ2v) is 6.15. The van der Waals surface area contributed by atoms with Gasteiger partial charge in [-0.25, -0.2) is 0 Å². The highest BCUT2D eigenvalue weighted by Crippen LogP contribution is 2.39. The zero-order valence-electron chi connectivity index (χ0n) is 12.4. The minimum absolute atomic E-state index is 0. The van der Waals surface area contributed by atoms with Crippen molar-refractivity contribution in [3.05, 3.63) is 0 Å². The standard InChI is InChI=1S/C14H25N3O2.HI/c1-11-3-5-14(6-4-11)18-10-12(19-14)9-16-13-15-7-8-17(13)2;/h11-12H,3-10H2,1-2H3,(H,15,16);1H. The van der Waals surface area contributed by atoms with Gasteiger partial charge in [-0.3, -0.25) is 4.99 Å². The van der Waals surface area contributed by atoms with Crippen molar-refractivity contribution >= 4 is 29.9 Å². The van der Waals surface area contributed by atoms with Crippen LogP contribution in [0.1, 0.15) is 32.6 Å². The first kappa shape index (κ1) is 16.3. The number of ether oxygens (including phenoxy) is 2. The van der Waals surface area contributed by atoms with Crippen molar-refractivity contribution in [2.75, 3.05) is 33.3 Å². The molecule has 1 saturated carbocycles. The monoisotopic (exact) mass is 395 g/mol. The summed E-state index contributed by atoms with van der Waals surface area (Å²) in [5.41, 5.74) is 0. The topological polar surface area (TPSA) is 46.1 Å². The van der Waals surface area contributed by atoms with Crippen LogP contribution in [0.3, 0.4) is 0 Å². The van der Waals surface area contributed by atoms with Crippen molar-refractivity contribution in [1.82, 2.24) is 10.2 Å². The number of aliphatic imine (C=N–C) groups is 1. The highest BCUT2D eigenvalue weighted by Gasteiger charge is 2.43. The quantitative estimate of drug-likeness (QED) is 0.725. The average Bonchev–Trinajstić information content (AvgIpc) is 2.99. The molecule has 3 rings (SSSR count). The van der Waals surface area contributed by atoms with E-state index in [-0.39, 0.29) is 35.9 Å². The Hall–Kier alpha value is -0.0800. The van der Waals surface area contributed by atoms with Crippen molar-refractivity contribution in [2.24, 2.45) is 10.9 Å². The van der Waals surface area contributed by atoms with Gasteiger partial charge in [0.25, 0.3) is 0 Å². The van der Waals surface area contributed by atoms with E-state index in [0.29, 0.717) is 6.61 Å². The van der Waals surface area contributed by atoms with E-state index >= 15 is 0 Å². The number of halogens is 1. The second-order valence-electron chi connectivity index (χ2n) is 6.15. The van der Waals surface area contributed by atoms with Gasteiger partial charge in [0.1, 0.15) is 6.10 Å². The number of hydrogen-bond acceptors (Lipinski definition) is 5. The number of guanidine groups is 1. The molecule has 2 heterocycles. The molecule has 0 aromatic carbocycles. The molecule has 1 atom stereocenters. The summed E-state index contributed by atoms with van der Waals surface area (Å²) in [5, 5.41) is 3.37. The van der Waals surface area contributed by atoms with Crippen LogP contribution in [0.2, 0.25) is 0 Å². The predicted molar refractivity (Wildman–Crippen MR) is 89.5 cm³/mol. The fraction of sp³-hybridized carbons (Fsp3) is 0.929. The van der Waals surface area contributed by atoms with Crippen LogP contribution in [0.15, 0.2) is 4.99 Å². The van der Waals surface area contributed by atoms with Gasteiger partial charge in [-0.05, 0) is 18.8 Å². The van der Waals surface area contributed by atoms with Crippen molar-refractivity contribution in [1.29, 1.82) is 0 Å². The zero-order chi connectivity index (χ0) is 13.3. The van der Waals surface area contributed by atoms with E-state index in [1.807, 2.05) is 0 Å². The van der Waals surface area contributed by atoms with E-state index in [1.165, 1.54) is 12.8 Å². The SMILES string of the molecule is CC1CCC2(CC1)OCC(CNC1=NCCN1C)O2.I. The number of hydrogen-bond donors (Lipinski definition) is 1. The van der Waals surface area contributed by atoms with Gasteiger partial charge in [-0.15, -0.1) is 24.0 Å². The lowest BCUT2D eigenvalue weighted by atomic mass is 9.86. The van der Waals surface area contributed by atoms with Gasteiger partial charge in [0.15, 0.2) is 11.7 Å². The summed E-state index contributed by atoms with van der Waals surface area (Å²) in [6.45, 7) is 5.71. The van der Waals surface area contributed by atoms with E-state index in [4.69, 9.17) is 9.47 Å². The van der Waals surface area contributed by atoms with Crippen LogP contribution < -0.4 is 5.32 Å². The summed E-state index contributed by atoms with van der Waals surface area (Å²) in [6.07, 6.45) is 4.69. The van der Waals surface area contributed by atoms with Gasteiger partial charge in [0, 0.05) is 33.0 Å². The Kier molecular flexibility index (Phi) is 5.53. The second kappa shape index (κ2) is 6.79. The normalized spacial score (nSPS) is 36.9. The Morgan fingerprint density at radius 2 is 2.15 bits per heavy atom. The van der Waals surface area contributed by atoms with E-state index in [2.05, 4.69) is 29.2 Å². The summed E-state index contributed by atoms with van der Waals surface area (Å²) < 4.78 is 12.1. The van der Waals surface area contributed by atoms with Gasteiger partial charge in [-0.1, -0.05) is 6.92 Å². The Morgan fingerprint density at radius 1 is 1.40 bits per heavy atom. The Balaban J connectivity index is 0.00000147. The molecular formula is C14H26IN3O2. The molecule has 2 fully saturated rings. The predicted octanol–water partition coefficient (Wildman–Crippen LogP) is 1.82. The third kappa shape index (κ3) is 3.57. The first-order valence-corrected chi connectivity index (χ1v) is 7.48. The maximum absolute atomic E-state index is 6.18. The van der Waals surface area contributed by atoms with Crippen LogP contribution >= 0.6 is 24.0 Å². The van der Waals surface area contributed by atoms with Gasteiger partial charge in [0.2, 0.25) is 0 Å². The minimum Gasteiger partial charge on any atom is -0.354 e. The molecule has 0 aromatic rings. The highest BCUT2D eigenvalue weighted by molar-refractivity contribution is 14.0. The summed E-state index contributed by atoms with van der Waals surface area (Å²) in [4.78, 5) is 6.57. The Bertz CT molecular complexity index is 356. The molecule has 0 bridgehead atoms. The molecule has 1 unspecified atom stereocenters. The van der Waals surface area contributed by atoms with Crippen molar-refractivity contribution in [2.45, 2.75) is 44.5 Å². The molecule has 0 aromatic heterocycles. The van der Waals surface area contributed by atoms with Crippen LogP contribution in [0.5, 0.6) is 0 Å². The molecule has 5 nitrogen and oxygen atoms in total. The zero-order valence-corrected chi connectivity index (χ0v) is 14.8. The van der Waals surface area contributed by atoms with Crippen LogP contribution in [-0.2, 0) is 9.47 Å². The molecule has 116 valence electrons. The number of nitrogens with zero attached hydrogens (tertiary/aromatic N) is 2. The largest absolute Gasteiger partial charge is 0.354 e. The highest BCUT2D eigenvalue weighted by atomic mass is 127. The van der Waals surface area contributed by atoms with E-state index < -0.39 is 0 Å². The molecule has 6 heteroatoms. The van der Waals surface area contributed by atoms with E-state index in [9.17, 15) is 0 Å².